The molecule has 0 radical (unpaired) electrons. The van der Waals surface area contributed by atoms with E-state index in [9.17, 15) is 4.79 Å². The number of aromatic nitrogens is 1. The first-order valence-electron chi connectivity index (χ1n) is 6.89. The first kappa shape index (κ1) is 13.4. The molecule has 21 heavy (non-hydrogen) atoms. The van der Waals surface area contributed by atoms with Gasteiger partial charge < -0.3 is 9.30 Å². The first-order valence-corrected chi connectivity index (χ1v) is 6.89. The summed E-state index contributed by atoms with van der Waals surface area (Å²) in [7, 11) is 1.69. The summed E-state index contributed by atoms with van der Waals surface area (Å²) in [6.07, 6.45) is 2.92. The number of nitrogens with zero attached hydrogens (tertiary/aromatic N) is 1. The number of hydrogen-bond donors (Lipinski definition) is 0. The number of carbonyl (C=O) groups excluding carboxylic acids is 1. The van der Waals surface area contributed by atoms with Gasteiger partial charge in [-0.3, -0.25) is 4.79 Å². The van der Waals surface area contributed by atoms with Crippen LogP contribution in [-0.2, 0) is 6.54 Å². The van der Waals surface area contributed by atoms with Crippen LogP contribution < -0.4 is 4.74 Å². The third-order valence-corrected chi connectivity index (χ3v) is 3.71. The van der Waals surface area contributed by atoms with E-state index in [2.05, 4.69) is 17.6 Å². The molecule has 3 nitrogen and oxygen atoms in total. The van der Waals surface area contributed by atoms with Gasteiger partial charge in [0.25, 0.3) is 0 Å². The number of hydrogen-bond acceptors (Lipinski definition) is 2. The Labute approximate surface area is 123 Å². The third kappa shape index (κ3) is 2.55. The van der Waals surface area contributed by atoms with E-state index in [1.54, 1.807) is 7.11 Å². The molecule has 0 aliphatic heterocycles. The van der Waals surface area contributed by atoms with E-state index < -0.39 is 0 Å². The quantitative estimate of drug-likeness (QED) is 0.680. The topological polar surface area (TPSA) is 31.2 Å². The van der Waals surface area contributed by atoms with E-state index >= 15 is 0 Å². The molecule has 0 fully saturated rings. The van der Waals surface area contributed by atoms with Gasteiger partial charge in [0.15, 0.2) is 0 Å². The lowest BCUT2D eigenvalue weighted by atomic mass is 10.1. The molecule has 0 atom stereocenters. The van der Waals surface area contributed by atoms with Gasteiger partial charge in [0, 0.05) is 28.2 Å². The van der Waals surface area contributed by atoms with Gasteiger partial charge >= 0.3 is 0 Å². The number of fused-ring (bicyclic) bond motifs is 1. The number of ether oxygens (including phenoxy) is 1. The summed E-state index contributed by atoms with van der Waals surface area (Å²) >= 11 is 0. The molecular weight excluding hydrogens is 262 g/mol. The molecule has 3 heteroatoms. The zero-order valence-corrected chi connectivity index (χ0v) is 12.2. The lowest BCUT2D eigenvalue weighted by Gasteiger charge is -2.11. The molecule has 1 aromatic heterocycles. The molecule has 0 unspecified atom stereocenters. The molecule has 0 spiro atoms. The molecule has 106 valence electrons. The molecule has 2 aromatic carbocycles. The molecule has 0 aliphatic carbocycles. The summed E-state index contributed by atoms with van der Waals surface area (Å²) in [5, 5.41) is 1.08. The molecule has 0 aliphatic rings. The van der Waals surface area contributed by atoms with Crippen LogP contribution in [0.5, 0.6) is 5.75 Å². The van der Waals surface area contributed by atoms with Crippen LogP contribution >= 0.6 is 0 Å². The van der Waals surface area contributed by atoms with Gasteiger partial charge in [0.2, 0.25) is 0 Å². The van der Waals surface area contributed by atoms with Gasteiger partial charge in [0.1, 0.15) is 12.0 Å². The van der Waals surface area contributed by atoms with Crippen LogP contribution in [0.2, 0.25) is 0 Å². The number of carbonyl (C=O) groups is 1. The average molecular weight is 279 g/mol. The minimum atomic E-state index is 0.702. The summed E-state index contributed by atoms with van der Waals surface area (Å²) in [6, 6.07) is 14.0. The number of benzene rings is 2. The molecule has 3 rings (SSSR count). The fourth-order valence-electron chi connectivity index (χ4n) is 2.64. The van der Waals surface area contributed by atoms with Gasteiger partial charge in [-0.1, -0.05) is 17.7 Å². The zero-order valence-electron chi connectivity index (χ0n) is 12.2. The maximum absolute atomic E-state index is 10.8. The number of methoxy groups -OCH3 is 1. The second-order valence-electron chi connectivity index (χ2n) is 5.20. The van der Waals surface area contributed by atoms with Crippen LogP contribution in [0.25, 0.3) is 10.9 Å². The molecule has 0 bridgehead atoms. The van der Waals surface area contributed by atoms with Crippen molar-refractivity contribution in [3.8, 4) is 5.75 Å². The van der Waals surface area contributed by atoms with E-state index in [-0.39, 0.29) is 0 Å². The summed E-state index contributed by atoms with van der Waals surface area (Å²) in [5.74, 6) is 0.895. The predicted molar refractivity (Wildman–Crippen MR) is 84.2 cm³/mol. The maximum Gasteiger partial charge on any atom is 0.150 e. The van der Waals surface area contributed by atoms with Crippen molar-refractivity contribution in [2.75, 3.05) is 7.11 Å². The van der Waals surface area contributed by atoms with Gasteiger partial charge in [-0.05, 0) is 37.3 Å². The normalized spacial score (nSPS) is 10.8. The second kappa shape index (κ2) is 5.44. The van der Waals surface area contributed by atoms with Crippen molar-refractivity contribution in [2.24, 2.45) is 0 Å². The second-order valence-corrected chi connectivity index (χ2v) is 5.20. The Morgan fingerprint density at radius 1 is 1.14 bits per heavy atom. The summed E-state index contributed by atoms with van der Waals surface area (Å²) in [4.78, 5) is 10.8. The predicted octanol–water partition coefficient (Wildman–Crippen LogP) is 3.82. The Hall–Kier alpha value is -2.55. The minimum absolute atomic E-state index is 0.702. The third-order valence-electron chi connectivity index (χ3n) is 3.71. The molecule has 0 saturated carbocycles. The standard InChI is InChI=1S/C18H17NO2/c1-13-3-6-18(21-2)16(9-13)11-19-8-7-15-10-14(12-20)4-5-17(15)19/h3-10,12H,11H2,1-2H3. The van der Waals surface area contributed by atoms with Gasteiger partial charge in [-0.15, -0.1) is 0 Å². The first-order chi connectivity index (χ1) is 10.2. The number of aldehydes is 1. The Balaban J connectivity index is 2.02. The Bertz CT molecular complexity index is 802. The Morgan fingerprint density at radius 3 is 2.76 bits per heavy atom. The zero-order chi connectivity index (χ0) is 14.8. The highest BCUT2D eigenvalue weighted by atomic mass is 16.5. The van der Waals surface area contributed by atoms with Crippen molar-refractivity contribution >= 4 is 17.2 Å². The van der Waals surface area contributed by atoms with Crippen LogP contribution in [0, 0.1) is 6.92 Å². The fourth-order valence-corrected chi connectivity index (χ4v) is 2.64. The van der Waals surface area contributed by atoms with E-state index in [1.807, 2.05) is 42.6 Å². The smallest absolute Gasteiger partial charge is 0.150 e. The SMILES string of the molecule is COc1ccc(C)cc1Cn1ccc2cc(C=O)ccc21. The molecule has 0 saturated heterocycles. The van der Waals surface area contributed by atoms with Crippen LogP contribution in [-0.4, -0.2) is 18.0 Å². The van der Waals surface area contributed by atoms with Crippen molar-refractivity contribution in [3.63, 3.8) is 0 Å². The highest BCUT2D eigenvalue weighted by molar-refractivity contribution is 5.87. The molecule has 0 N–H and O–H groups in total. The lowest BCUT2D eigenvalue weighted by Crippen LogP contribution is -2.01. The number of aryl methyl sites for hydroxylation is 1. The van der Waals surface area contributed by atoms with Gasteiger partial charge in [0.05, 0.1) is 13.7 Å². The van der Waals surface area contributed by atoms with E-state index in [1.165, 1.54) is 5.56 Å². The molecule has 3 aromatic rings. The van der Waals surface area contributed by atoms with Crippen molar-refractivity contribution in [3.05, 3.63) is 65.4 Å². The molecule has 0 amide bonds. The van der Waals surface area contributed by atoms with Crippen LogP contribution in [0.15, 0.2) is 48.7 Å². The minimum Gasteiger partial charge on any atom is -0.496 e. The molecule has 1 heterocycles. The van der Waals surface area contributed by atoms with Crippen molar-refractivity contribution in [1.82, 2.24) is 4.57 Å². The Morgan fingerprint density at radius 2 is 2.00 bits per heavy atom. The average Bonchev–Trinajstić information content (AvgIpc) is 2.90. The van der Waals surface area contributed by atoms with Gasteiger partial charge in [-0.25, -0.2) is 0 Å². The van der Waals surface area contributed by atoms with Crippen molar-refractivity contribution < 1.29 is 9.53 Å². The van der Waals surface area contributed by atoms with Crippen LogP contribution in [0.3, 0.4) is 0 Å². The fraction of sp³-hybridized carbons (Fsp3) is 0.167. The maximum atomic E-state index is 10.8. The monoisotopic (exact) mass is 279 g/mol. The highest BCUT2D eigenvalue weighted by Gasteiger charge is 2.07. The number of rotatable bonds is 4. The summed E-state index contributed by atoms with van der Waals surface area (Å²) in [6.45, 7) is 2.82. The van der Waals surface area contributed by atoms with Crippen LogP contribution in [0.4, 0.5) is 0 Å². The molecular formula is C18H17NO2. The van der Waals surface area contributed by atoms with E-state index in [4.69, 9.17) is 4.74 Å². The van der Waals surface area contributed by atoms with Gasteiger partial charge in [-0.2, -0.15) is 0 Å². The van der Waals surface area contributed by atoms with E-state index in [0.29, 0.717) is 5.56 Å². The summed E-state index contributed by atoms with van der Waals surface area (Å²) < 4.78 is 7.61. The van der Waals surface area contributed by atoms with E-state index in [0.717, 1.165) is 35.0 Å². The lowest BCUT2D eigenvalue weighted by molar-refractivity contribution is 0.112. The summed E-state index contributed by atoms with van der Waals surface area (Å²) in [5.41, 5.74) is 4.18. The van der Waals surface area contributed by atoms with Crippen molar-refractivity contribution in [2.45, 2.75) is 13.5 Å². The largest absolute Gasteiger partial charge is 0.496 e. The Kier molecular flexibility index (Phi) is 3.48. The van der Waals surface area contributed by atoms with Crippen molar-refractivity contribution in [1.29, 1.82) is 0 Å². The highest BCUT2D eigenvalue weighted by Crippen LogP contribution is 2.24. The van der Waals surface area contributed by atoms with Crippen LogP contribution in [0.1, 0.15) is 21.5 Å².